The lowest BCUT2D eigenvalue weighted by Crippen LogP contribution is -2.41. The molecule has 1 heterocycles. The fourth-order valence-electron chi connectivity index (χ4n) is 2.83. The number of nitrogens with zero attached hydrogens (tertiary/aromatic N) is 2. The summed E-state index contributed by atoms with van der Waals surface area (Å²) in [7, 11) is 0. The van der Waals surface area contributed by atoms with Gasteiger partial charge in [0, 0.05) is 18.5 Å². The van der Waals surface area contributed by atoms with Crippen LogP contribution in [0.2, 0.25) is 5.15 Å². The average molecular weight is 298 g/mol. The molecular weight excluding hydrogens is 274 g/mol. The lowest BCUT2D eigenvalue weighted by molar-refractivity contribution is -0.000832. The largest absolute Gasteiger partial charge is 0.388 e. The van der Waals surface area contributed by atoms with Crippen LogP contribution < -0.4 is 5.32 Å². The summed E-state index contributed by atoms with van der Waals surface area (Å²) in [6.45, 7) is 6.78. The molecule has 1 fully saturated rings. The highest BCUT2D eigenvalue weighted by Gasteiger charge is 2.32. The Morgan fingerprint density at radius 1 is 1.50 bits per heavy atom. The van der Waals surface area contributed by atoms with Crippen molar-refractivity contribution in [3.63, 3.8) is 0 Å². The van der Waals surface area contributed by atoms with Gasteiger partial charge < -0.3 is 10.4 Å². The summed E-state index contributed by atoms with van der Waals surface area (Å²) in [6.07, 6.45) is 3.98. The number of aliphatic hydroxyl groups is 1. The summed E-state index contributed by atoms with van der Waals surface area (Å²) >= 11 is 6.02. The number of nitrogens with one attached hydrogen (secondary N) is 1. The van der Waals surface area contributed by atoms with Gasteiger partial charge in [-0.25, -0.2) is 9.97 Å². The fourth-order valence-corrected chi connectivity index (χ4v) is 3.02. The van der Waals surface area contributed by atoms with Gasteiger partial charge in [0.25, 0.3) is 0 Å². The second-order valence-corrected chi connectivity index (χ2v) is 6.76. The molecule has 20 heavy (non-hydrogen) atoms. The van der Waals surface area contributed by atoms with Crippen LogP contribution in [0.5, 0.6) is 0 Å². The zero-order chi connectivity index (χ0) is 14.8. The molecule has 0 radical (unpaired) electrons. The first-order chi connectivity index (χ1) is 9.38. The van der Waals surface area contributed by atoms with E-state index in [1.807, 2.05) is 13.8 Å². The highest BCUT2D eigenvalue weighted by Crippen LogP contribution is 2.32. The number of hydrogen-bond acceptors (Lipinski definition) is 4. The minimum absolute atomic E-state index is 0.229. The summed E-state index contributed by atoms with van der Waals surface area (Å²) in [6, 6.07) is 1.71. The molecule has 4 nitrogen and oxygen atoms in total. The molecule has 0 aliphatic heterocycles. The van der Waals surface area contributed by atoms with Crippen molar-refractivity contribution in [2.45, 2.75) is 58.0 Å². The van der Waals surface area contributed by atoms with Crippen LogP contribution in [0.1, 0.15) is 58.2 Å². The standard InChI is InChI=1S/C15H24ClN3O/c1-10(2)14-18-12(16)7-13(19-14)17-9-15(20)6-4-5-11(3)8-15/h7,10-11,20H,4-6,8-9H2,1-3H3,(H,17,18,19). The quantitative estimate of drug-likeness (QED) is 0.834. The number of rotatable bonds is 4. The molecule has 2 rings (SSSR count). The average Bonchev–Trinajstić information content (AvgIpc) is 2.35. The van der Waals surface area contributed by atoms with E-state index < -0.39 is 5.60 Å². The smallest absolute Gasteiger partial charge is 0.135 e. The maximum absolute atomic E-state index is 10.6. The first-order valence-corrected chi connectivity index (χ1v) is 7.76. The molecule has 0 saturated heterocycles. The van der Waals surface area contributed by atoms with Crippen LogP contribution in [-0.4, -0.2) is 27.2 Å². The normalized spacial score (nSPS) is 26.8. The minimum Gasteiger partial charge on any atom is -0.388 e. The van der Waals surface area contributed by atoms with E-state index in [1.165, 1.54) is 6.42 Å². The van der Waals surface area contributed by atoms with Crippen molar-refractivity contribution in [1.29, 1.82) is 0 Å². The van der Waals surface area contributed by atoms with Gasteiger partial charge in [-0.1, -0.05) is 45.2 Å². The van der Waals surface area contributed by atoms with Crippen molar-refractivity contribution in [1.82, 2.24) is 9.97 Å². The van der Waals surface area contributed by atoms with E-state index in [0.29, 0.717) is 23.4 Å². The summed E-state index contributed by atoms with van der Waals surface area (Å²) in [5.74, 6) is 2.23. The van der Waals surface area contributed by atoms with Gasteiger partial charge in [0.2, 0.25) is 0 Å². The monoisotopic (exact) mass is 297 g/mol. The van der Waals surface area contributed by atoms with Gasteiger partial charge in [0.05, 0.1) is 5.60 Å². The lowest BCUT2D eigenvalue weighted by atomic mass is 9.79. The Balaban J connectivity index is 2.03. The third-order valence-corrected chi connectivity index (χ3v) is 4.09. The fraction of sp³-hybridized carbons (Fsp3) is 0.733. The lowest BCUT2D eigenvalue weighted by Gasteiger charge is -2.35. The Hall–Kier alpha value is -0.870. The molecule has 1 aliphatic carbocycles. The molecule has 1 saturated carbocycles. The second-order valence-electron chi connectivity index (χ2n) is 6.37. The molecule has 0 spiro atoms. The van der Waals surface area contributed by atoms with Crippen LogP contribution in [0, 0.1) is 5.92 Å². The first-order valence-electron chi connectivity index (χ1n) is 7.39. The Morgan fingerprint density at radius 2 is 2.25 bits per heavy atom. The molecule has 0 bridgehead atoms. The van der Waals surface area contributed by atoms with Crippen molar-refractivity contribution in [2.24, 2.45) is 5.92 Å². The van der Waals surface area contributed by atoms with Gasteiger partial charge in [0.1, 0.15) is 16.8 Å². The van der Waals surface area contributed by atoms with E-state index in [0.717, 1.165) is 25.1 Å². The number of halogens is 1. The van der Waals surface area contributed by atoms with Crippen LogP contribution in [-0.2, 0) is 0 Å². The van der Waals surface area contributed by atoms with E-state index in [2.05, 4.69) is 22.2 Å². The molecule has 112 valence electrons. The molecule has 1 aromatic rings. The topological polar surface area (TPSA) is 58.0 Å². The number of anilines is 1. The highest BCUT2D eigenvalue weighted by atomic mass is 35.5. The zero-order valence-corrected chi connectivity index (χ0v) is 13.2. The second kappa shape index (κ2) is 6.27. The molecule has 2 atom stereocenters. The van der Waals surface area contributed by atoms with Gasteiger partial charge in [-0.05, 0) is 18.8 Å². The molecule has 0 amide bonds. The summed E-state index contributed by atoms with van der Waals surface area (Å²) in [5.41, 5.74) is -0.632. The predicted molar refractivity (Wildman–Crippen MR) is 82.2 cm³/mol. The van der Waals surface area contributed by atoms with Crippen LogP contribution in [0.25, 0.3) is 0 Å². The molecule has 1 aromatic heterocycles. The van der Waals surface area contributed by atoms with Gasteiger partial charge in [0.15, 0.2) is 0 Å². The van der Waals surface area contributed by atoms with Crippen molar-refractivity contribution < 1.29 is 5.11 Å². The Kier molecular flexibility index (Phi) is 4.86. The van der Waals surface area contributed by atoms with E-state index in [4.69, 9.17) is 11.6 Å². The molecule has 2 unspecified atom stereocenters. The first kappa shape index (κ1) is 15.5. The number of aromatic nitrogens is 2. The van der Waals surface area contributed by atoms with E-state index in [1.54, 1.807) is 6.07 Å². The van der Waals surface area contributed by atoms with Gasteiger partial charge in [-0.2, -0.15) is 0 Å². The minimum atomic E-state index is -0.632. The van der Waals surface area contributed by atoms with Crippen molar-refractivity contribution in [3.05, 3.63) is 17.0 Å². The van der Waals surface area contributed by atoms with Crippen molar-refractivity contribution in [3.8, 4) is 0 Å². The summed E-state index contributed by atoms with van der Waals surface area (Å²) in [5, 5.41) is 14.3. The van der Waals surface area contributed by atoms with Crippen LogP contribution in [0.3, 0.4) is 0 Å². The van der Waals surface area contributed by atoms with E-state index >= 15 is 0 Å². The van der Waals surface area contributed by atoms with E-state index in [9.17, 15) is 5.11 Å². The maximum atomic E-state index is 10.6. The SMILES string of the molecule is CC1CCCC(O)(CNc2cc(Cl)nc(C(C)C)n2)C1. The van der Waals surface area contributed by atoms with Gasteiger partial charge in [-0.3, -0.25) is 0 Å². The van der Waals surface area contributed by atoms with Crippen LogP contribution >= 0.6 is 11.6 Å². The van der Waals surface area contributed by atoms with E-state index in [-0.39, 0.29) is 5.92 Å². The Morgan fingerprint density at radius 3 is 2.90 bits per heavy atom. The molecular formula is C15H24ClN3O. The van der Waals surface area contributed by atoms with Gasteiger partial charge in [-0.15, -0.1) is 0 Å². The molecule has 5 heteroatoms. The summed E-state index contributed by atoms with van der Waals surface area (Å²) < 4.78 is 0. The third kappa shape index (κ3) is 4.06. The van der Waals surface area contributed by atoms with Crippen molar-refractivity contribution in [2.75, 3.05) is 11.9 Å². The Bertz CT molecular complexity index is 466. The Labute approximate surface area is 126 Å². The summed E-state index contributed by atoms with van der Waals surface area (Å²) in [4.78, 5) is 8.66. The maximum Gasteiger partial charge on any atom is 0.135 e. The third-order valence-electron chi connectivity index (χ3n) is 3.89. The molecule has 1 aliphatic rings. The van der Waals surface area contributed by atoms with Crippen LogP contribution in [0.4, 0.5) is 5.82 Å². The highest BCUT2D eigenvalue weighted by molar-refractivity contribution is 6.29. The van der Waals surface area contributed by atoms with Crippen molar-refractivity contribution >= 4 is 17.4 Å². The molecule has 2 N–H and O–H groups in total. The van der Waals surface area contributed by atoms with Gasteiger partial charge >= 0.3 is 0 Å². The zero-order valence-electron chi connectivity index (χ0n) is 12.5. The number of hydrogen-bond donors (Lipinski definition) is 2. The predicted octanol–water partition coefficient (Wildman–Crippen LogP) is 3.61. The molecule has 0 aromatic carbocycles. The van der Waals surface area contributed by atoms with Crippen LogP contribution in [0.15, 0.2) is 6.07 Å².